The van der Waals surface area contributed by atoms with Gasteiger partial charge in [0.1, 0.15) is 16.5 Å². The number of hydrogen-bond donors (Lipinski definition) is 1. The Morgan fingerprint density at radius 2 is 1.79 bits per heavy atom. The van der Waals surface area contributed by atoms with Gasteiger partial charge in [-0.1, -0.05) is 39.0 Å². The van der Waals surface area contributed by atoms with Crippen molar-refractivity contribution >= 4 is 33.2 Å². The molecule has 0 unspecified atom stereocenters. The van der Waals surface area contributed by atoms with Crippen molar-refractivity contribution in [3.8, 4) is 11.3 Å². The second kappa shape index (κ2) is 10.8. The first-order valence-corrected chi connectivity index (χ1v) is 14.5. The molecule has 38 heavy (non-hydrogen) atoms. The number of rotatable bonds is 7. The Hall–Kier alpha value is -3.31. The Morgan fingerprint density at radius 3 is 2.42 bits per heavy atom. The number of sulfone groups is 1. The fourth-order valence-corrected chi connectivity index (χ4v) is 7.36. The fourth-order valence-electron chi connectivity index (χ4n) is 4.35. The van der Waals surface area contributed by atoms with Crippen molar-refractivity contribution in [3.05, 3.63) is 64.9 Å². The van der Waals surface area contributed by atoms with E-state index in [4.69, 9.17) is 0 Å². The third-order valence-corrected chi connectivity index (χ3v) is 9.36. The number of likely N-dealkylation sites (tertiary alicyclic amines) is 1. The molecule has 0 spiro atoms. The minimum atomic E-state index is -4.23. The van der Waals surface area contributed by atoms with E-state index in [-0.39, 0.29) is 55.3 Å². The van der Waals surface area contributed by atoms with Gasteiger partial charge in [-0.2, -0.15) is 0 Å². The van der Waals surface area contributed by atoms with E-state index < -0.39 is 21.7 Å². The average molecular weight is 560 g/mol. The van der Waals surface area contributed by atoms with E-state index in [0.29, 0.717) is 13.1 Å². The molecule has 2 heterocycles. The van der Waals surface area contributed by atoms with E-state index in [1.807, 2.05) is 20.8 Å². The lowest BCUT2D eigenvalue weighted by Crippen LogP contribution is -2.36. The van der Waals surface area contributed by atoms with Gasteiger partial charge >= 0.3 is 6.09 Å². The van der Waals surface area contributed by atoms with Gasteiger partial charge in [0.25, 0.3) is 5.91 Å². The summed E-state index contributed by atoms with van der Waals surface area (Å²) < 4.78 is 42.4. The Morgan fingerprint density at radius 1 is 1.11 bits per heavy atom. The zero-order valence-corrected chi connectivity index (χ0v) is 23.1. The zero-order valence-electron chi connectivity index (χ0n) is 21.5. The van der Waals surface area contributed by atoms with Crippen molar-refractivity contribution in [1.82, 2.24) is 14.8 Å². The second-order valence-electron chi connectivity index (χ2n) is 10.5. The number of hydrogen-bond acceptors (Lipinski definition) is 6. The normalized spacial score (nSPS) is 14.1. The summed E-state index contributed by atoms with van der Waals surface area (Å²) in [7, 11) is -4.23. The van der Waals surface area contributed by atoms with Crippen LogP contribution in [0.25, 0.3) is 11.3 Å². The van der Waals surface area contributed by atoms with Crippen LogP contribution in [0.4, 0.5) is 9.18 Å². The van der Waals surface area contributed by atoms with Crippen LogP contribution in [0.5, 0.6) is 0 Å². The molecule has 1 saturated heterocycles. The van der Waals surface area contributed by atoms with Gasteiger partial charge in [0.05, 0.1) is 11.4 Å². The number of halogens is 1. The molecule has 0 radical (unpaired) electrons. The van der Waals surface area contributed by atoms with E-state index in [9.17, 15) is 27.5 Å². The molecule has 1 N–H and O–H groups in total. The maximum absolute atomic E-state index is 14.8. The molecule has 0 atom stereocenters. The van der Waals surface area contributed by atoms with E-state index in [1.54, 1.807) is 17.0 Å². The molecule has 3 aromatic rings. The molecule has 0 bridgehead atoms. The number of amides is 2. The predicted octanol–water partition coefficient (Wildman–Crippen LogP) is 5.54. The number of carbonyl (C=O) groups excluding carboxylic acids is 1. The van der Waals surface area contributed by atoms with Crippen LogP contribution in [0.2, 0.25) is 0 Å². The summed E-state index contributed by atoms with van der Waals surface area (Å²) in [5.41, 5.74) is -0.176. The van der Waals surface area contributed by atoms with E-state index in [0.717, 1.165) is 29.1 Å². The second-order valence-corrected chi connectivity index (χ2v) is 13.7. The lowest BCUT2D eigenvalue weighted by atomic mass is 9.96. The summed E-state index contributed by atoms with van der Waals surface area (Å²) in [5.74, 6) is -0.887. The summed E-state index contributed by atoms with van der Waals surface area (Å²) in [5, 5.41) is 9.95. The smallest absolute Gasteiger partial charge is 0.407 e. The standard InChI is InChI=1S/C27H30FN3O5S2/c1-27(2,3)17-31(26(33)34)16-22-29-23(20-11-4-5-12-21(20)28)25(37-22)38(35,36)19-10-8-9-18(15-19)24(32)30-13-6-7-14-30/h4-5,8-12,15H,6-7,13-14,16-17H2,1-3H3,(H,33,34). The number of aromatic nitrogens is 1. The largest absolute Gasteiger partial charge is 0.465 e. The Labute approximate surface area is 225 Å². The molecule has 1 aliphatic rings. The number of thiazole rings is 1. The molecular weight excluding hydrogens is 529 g/mol. The van der Waals surface area contributed by atoms with Crippen LogP contribution in [0.1, 0.15) is 49.0 Å². The summed E-state index contributed by atoms with van der Waals surface area (Å²) in [6.07, 6.45) is 0.643. The third-order valence-electron chi connectivity index (χ3n) is 6.06. The number of carboxylic acid groups (broad SMARTS) is 1. The molecule has 8 nitrogen and oxygen atoms in total. The topological polar surface area (TPSA) is 108 Å². The molecule has 1 fully saturated rings. The Kier molecular flexibility index (Phi) is 7.89. The van der Waals surface area contributed by atoms with Crippen molar-refractivity contribution < 1.29 is 27.5 Å². The fraction of sp³-hybridized carbons (Fsp3) is 0.370. The monoisotopic (exact) mass is 559 g/mol. The van der Waals surface area contributed by atoms with Crippen molar-refractivity contribution in [2.24, 2.45) is 5.41 Å². The van der Waals surface area contributed by atoms with Crippen LogP contribution < -0.4 is 0 Å². The van der Waals surface area contributed by atoms with Gasteiger partial charge in [0.2, 0.25) is 9.84 Å². The summed E-state index contributed by atoms with van der Waals surface area (Å²) >= 11 is 0.810. The molecular formula is C27H30FN3O5S2. The molecule has 1 aromatic heterocycles. The lowest BCUT2D eigenvalue weighted by molar-refractivity contribution is 0.0792. The predicted molar refractivity (Wildman–Crippen MR) is 142 cm³/mol. The van der Waals surface area contributed by atoms with Crippen LogP contribution in [0.3, 0.4) is 0 Å². The molecule has 1 aliphatic heterocycles. The molecule has 0 saturated carbocycles. The van der Waals surface area contributed by atoms with Gasteiger partial charge in [-0.3, -0.25) is 4.79 Å². The maximum Gasteiger partial charge on any atom is 0.407 e. The van der Waals surface area contributed by atoms with Crippen LogP contribution >= 0.6 is 11.3 Å². The number of carbonyl (C=O) groups is 2. The summed E-state index contributed by atoms with van der Waals surface area (Å²) in [4.78, 5) is 32.0. The first-order chi connectivity index (χ1) is 17.9. The lowest BCUT2D eigenvalue weighted by Gasteiger charge is -2.27. The van der Waals surface area contributed by atoms with Gasteiger partial charge in [0.15, 0.2) is 4.21 Å². The van der Waals surface area contributed by atoms with E-state index in [2.05, 4.69) is 4.98 Å². The van der Waals surface area contributed by atoms with Gasteiger partial charge in [0, 0.05) is 30.8 Å². The summed E-state index contributed by atoms with van der Waals surface area (Å²) in [6, 6.07) is 11.5. The molecule has 202 valence electrons. The number of benzene rings is 2. The zero-order chi connectivity index (χ0) is 27.7. The minimum Gasteiger partial charge on any atom is -0.465 e. The third kappa shape index (κ3) is 6.05. The highest BCUT2D eigenvalue weighted by molar-refractivity contribution is 7.93. The number of nitrogens with zero attached hydrogens (tertiary/aromatic N) is 3. The highest BCUT2D eigenvalue weighted by Crippen LogP contribution is 2.38. The average Bonchev–Trinajstić information content (AvgIpc) is 3.54. The first-order valence-electron chi connectivity index (χ1n) is 12.2. The first kappa shape index (κ1) is 27.7. The SMILES string of the molecule is CC(C)(C)CN(Cc1nc(-c2ccccc2F)c(S(=O)(=O)c2cccc(C(=O)N3CCCC3)c2)s1)C(=O)O. The highest BCUT2D eigenvalue weighted by Gasteiger charge is 2.31. The van der Waals surface area contributed by atoms with Gasteiger partial charge < -0.3 is 14.9 Å². The molecule has 2 amide bonds. The summed E-state index contributed by atoms with van der Waals surface area (Å²) in [6.45, 7) is 6.97. The molecule has 11 heteroatoms. The molecule has 2 aromatic carbocycles. The molecule has 0 aliphatic carbocycles. The van der Waals surface area contributed by atoms with Crippen LogP contribution in [-0.4, -0.2) is 59.9 Å². The van der Waals surface area contributed by atoms with Crippen LogP contribution in [0, 0.1) is 11.2 Å². The van der Waals surface area contributed by atoms with E-state index in [1.165, 1.54) is 36.4 Å². The Balaban J connectivity index is 1.79. The van der Waals surface area contributed by atoms with Crippen LogP contribution in [0.15, 0.2) is 57.6 Å². The molecule has 4 rings (SSSR count). The Bertz CT molecular complexity index is 1460. The van der Waals surface area contributed by atoms with Crippen LogP contribution in [-0.2, 0) is 16.4 Å². The van der Waals surface area contributed by atoms with Gasteiger partial charge in [-0.05, 0) is 48.6 Å². The quantitative estimate of drug-likeness (QED) is 0.407. The maximum atomic E-state index is 14.8. The van der Waals surface area contributed by atoms with Crippen molar-refractivity contribution in [1.29, 1.82) is 0 Å². The van der Waals surface area contributed by atoms with Crippen molar-refractivity contribution in [2.75, 3.05) is 19.6 Å². The van der Waals surface area contributed by atoms with Gasteiger partial charge in [-0.25, -0.2) is 22.6 Å². The van der Waals surface area contributed by atoms with E-state index >= 15 is 0 Å². The van der Waals surface area contributed by atoms with Crippen molar-refractivity contribution in [3.63, 3.8) is 0 Å². The minimum absolute atomic E-state index is 0.00410. The van der Waals surface area contributed by atoms with Gasteiger partial charge in [-0.15, -0.1) is 11.3 Å². The highest BCUT2D eigenvalue weighted by atomic mass is 32.2. The van der Waals surface area contributed by atoms with Crippen molar-refractivity contribution in [2.45, 2.75) is 49.3 Å².